The summed E-state index contributed by atoms with van der Waals surface area (Å²) in [6.45, 7) is 1.98. The van der Waals surface area contributed by atoms with Gasteiger partial charge in [-0.3, -0.25) is 4.79 Å². The number of rotatable bonds is 5. The topological polar surface area (TPSA) is 70.2 Å². The number of hydrogen-bond donors (Lipinski definition) is 3. The number of anilines is 1. The minimum atomic E-state index is -0.162. The summed E-state index contributed by atoms with van der Waals surface area (Å²) in [6.07, 6.45) is 2.94. The summed E-state index contributed by atoms with van der Waals surface area (Å²) in [5.74, 6) is 0.0305. The Hall–Kier alpha value is -2.82. The predicted molar refractivity (Wildman–Crippen MR) is 101 cm³/mol. The van der Waals surface area contributed by atoms with Crippen molar-refractivity contribution in [2.24, 2.45) is 0 Å². The first-order chi connectivity index (χ1) is 12.6. The van der Waals surface area contributed by atoms with Crippen molar-refractivity contribution in [2.45, 2.75) is 44.2 Å². The molecular weight excluding hydrogens is 326 g/mol. The van der Waals surface area contributed by atoms with Gasteiger partial charge in [0.05, 0.1) is 12.0 Å². The van der Waals surface area contributed by atoms with E-state index in [0.29, 0.717) is 6.04 Å². The van der Waals surface area contributed by atoms with E-state index in [4.69, 9.17) is 0 Å². The summed E-state index contributed by atoms with van der Waals surface area (Å²) >= 11 is 0. The highest BCUT2D eigenvalue weighted by atomic mass is 16.2. The Labute approximate surface area is 153 Å². The van der Waals surface area contributed by atoms with Crippen molar-refractivity contribution >= 4 is 17.6 Å². The summed E-state index contributed by atoms with van der Waals surface area (Å²) in [7, 11) is 0. The highest BCUT2D eigenvalue weighted by molar-refractivity contribution is 5.89. The largest absolute Gasteiger partial charge is 0.349 e. The minimum absolute atomic E-state index is 0.0410. The summed E-state index contributed by atoms with van der Waals surface area (Å²) in [5.41, 5.74) is 4.16. The van der Waals surface area contributed by atoms with Crippen molar-refractivity contribution in [3.8, 4) is 0 Å². The molecule has 0 aromatic heterocycles. The van der Waals surface area contributed by atoms with E-state index < -0.39 is 0 Å². The number of amides is 3. The molecule has 2 aliphatic rings. The van der Waals surface area contributed by atoms with Crippen LogP contribution in [-0.2, 0) is 11.2 Å². The molecule has 134 valence electrons. The van der Waals surface area contributed by atoms with Gasteiger partial charge in [0, 0.05) is 11.7 Å². The van der Waals surface area contributed by atoms with E-state index in [-0.39, 0.29) is 23.9 Å². The van der Waals surface area contributed by atoms with Crippen LogP contribution in [0.2, 0.25) is 0 Å². The molecule has 0 radical (unpaired) electrons. The average Bonchev–Trinajstić information content (AvgIpc) is 3.40. The number of urea groups is 1. The van der Waals surface area contributed by atoms with Crippen LogP contribution in [0.4, 0.5) is 10.5 Å². The van der Waals surface area contributed by atoms with Crippen LogP contribution in [0.15, 0.2) is 48.5 Å². The molecule has 0 aliphatic heterocycles. The molecule has 0 unspecified atom stereocenters. The van der Waals surface area contributed by atoms with Crippen LogP contribution < -0.4 is 16.0 Å². The number of nitrogens with one attached hydrogen (secondary N) is 3. The van der Waals surface area contributed by atoms with Gasteiger partial charge < -0.3 is 16.0 Å². The molecular formula is C21H23N3O2. The number of hydrogen-bond acceptors (Lipinski definition) is 2. The Bertz CT molecular complexity index is 827. The second kappa shape index (κ2) is 6.83. The molecule has 1 saturated carbocycles. The van der Waals surface area contributed by atoms with Crippen molar-refractivity contribution in [3.05, 3.63) is 65.2 Å². The van der Waals surface area contributed by atoms with E-state index >= 15 is 0 Å². The van der Waals surface area contributed by atoms with Gasteiger partial charge in [-0.1, -0.05) is 36.4 Å². The third-order valence-electron chi connectivity index (χ3n) is 5.11. The molecule has 2 aliphatic carbocycles. The quantitative estimate of drug-likeness (QED) is 0.773. The van der Waals surface area contributed by atoms with Gasteiger partial charge in [0.1, 0.15) is 0 Å². The molecule has 5 heteroatoms. The highest BCUT2D eigenvalue weighted by Gasteiger charge is 2.32. The maximum atomic E-state index is 12.5. The molecule has 3 amide bonds. The Morgan fingerprint density at radius 1 is 1.04 bits per heavy atom. The summed E-state index contributed by atoms with van der Waals surface area (Å²) in [5, 5.41) is 8.82. The zero-order chi connectivity index (χ0) is 18.1. The van der Waals surface area contributed by atoms with E-state index in [1.165, 1.54) is 5.56 Å². The molecule has 0 spiro atoms. The molecule has 0 bridgehead atoms. The lowest BCUT2D eigenvalue weighted by Gasteiger charge is -2.30. The lowest BCUT2D eigenvalue weighted by atomic mass is 9.77. The number of benzene rings is 2. The third kappa shape index (κ3) is 3.57. The summed E-state index contributed by atoms with van der Waals surface area (Å²) in [6, 6.07) is 15.8. The second-order valence-electron chi connectivity index (χ2n) is 7.18. The van der Waals surface area contributed by atoms with Gasteiger partial charge >= 0.3 is 6.03 Å². The van der Waals surface area contributed by atoms with Gasteiger partial charge in [0.25, 0.3) is 0 Å². The number of carbonyl (C=O) groups is 2. The lowest BCUT2D eigenvalue weighted by Crippen LogP contribution is -2.36. The van der Waals surface area contributed by atoms with Crippen molar-refractivity contribution < 1.29 is 9.59 Å². The first kappa shape index (κ1) is 16.6. The normalized spacial score (nSPS) is 18.9. The fourth-order valence-corrected chi connectivity index (χ4v) is 3.33. The Balaban J connectivity index is 1.32. The van der Waals surface area contributed by atoms with E-state index in [1.807, 2.05) is 49.4 Å². The van der Waals surface area contributed by atoms with Crippen LogP contribution in [0.3, 0.4) is 0 Å². The number of fused-ring (bicyclic) bond motifs is 1. The van der Waals surface area contributed by atoms with Gasteiger partial charge in [-0.2, -0.15) is 0 Å². The average molecular weight is 349 g/mol. The van der Waals surface area contributed by atoms with Crippen LogP contribution in [0.5, 0.6) is 0 Å². The van der Waals surface area contributed by atoms with Gasteiger partial charge in [0.15, 0.2) is 0 Å². The van der Waals surface area contributed by atoms with Gasteiger partial charge in [0.2, 0.25) is 5.91 Å². The van der Waals surface area contributed by atoms with Crippen LogP contribution in [0.1, 0.15) is 48.4 Å². The third-order valence-corrected chi connectivity index (χ3v) is 5.11. The predicted octanol–water partition coefficient (Wildman–Crippen LogP) is 3.49. The highest BCUT2D eigenvalue weighted by Crippen LogP contribution is 2.35. The SMILES string of the molecule is C[C@@H](NC(=O)[C@@H]1Cc2ccccc21)c1ccc(NC(=O)NC2CC2)cc1. The Morgan fingerprint density at radius 2 is 1.77 bits per heavy atom. The van der Waals surface area contributed by atoms with E-state index in [1.54, 1.807) is 0 Å². The van der Waals surface area contributed by atoms with E-state index in [9.17, 15) is 9.59 Å². The van der Waals surface area contributed by atoms with E-state index in [2.05, 4.69) is 22.0 Å². The fourth-order valence-electron chi connectivity index (χ4n) is 3.33. The molecule has 0 heterocycles. The Kier molecular flexibility index (Phi) is 4.37. The molecule has 2 atom stereocenters. The second-order valence-corrected chi connectivity index (χ2v) is 7.18. The first-order valence-electron chi connectivity index (χ1n) is 9.16. The van der Waals surface area contributed by atoms with Gasteiger partial charge in [-0.15, -0.1) is 0 Å². The number of carbonyl (C=O) groups excluding carboxylic acids is 2. The van der Waals surface area contributed by atoms with Crippen LogP contribution >= 0.6 is 0 Å². The van der Waals surface area contributed by atoms with Gasteiger partial charge in [-0.05, 0) is 55.0 Å². The van der Waals surface area contributed by atoms with E-state index in [0.717, 1.165) is 36.1 Å². The molecule has 0 saturated heterocycles. The van der Waals surface area contributed by atoms with Crippen molar-refractivity contribution in [1.29, 1.82) is 0 Å². The van der Waals surface area contributed by atoms with Crippen LogP contribution in [0, 0.1) is 0 Å². The van der Waals surface area contributed by atoms with Gasteiger partial charge in [-0.25, -0.2) is 4.79 Å². The molecule has 3 N–H and O–H groups in total. The molecule has 4 rings (SSSR count). The Morgan fingerprint density at radius 3 is 2.46 bits per heavy atom. The zero-order valence-electron chi connectivity index (χ0n) is 14.8. The standard InChI is InChI=1S/C21H23N3O2/c1-13(22-20(25)19-12-15-4-2-3-5-18(15)19)14-6-8-16(9-7-14)23-21(26)24-17-10-11-17/h2-9,13,17,19H,10-12H2,1H3,(H,22,25)(H2,23,24,26)/t13-,19-/m1/s1. The lowest BCUT2D eigenvalue weighted by molar-refractivity contribution is -0.123. The smallest absolute Gasteiger partial charge is 0.319 e. The van der Waals surface area contributed by atoms with Crippen molar-refractivity contribution in [2.75, 3.05) is 5.32 Å². The van der Waals surface area contributed by atoms with Crippen LogP contribution in [-0.4, -0.2) is 18.0 Å². The summed E-state index contributed by atoms with van der Waals surface area (Å²) in [4.78, 5) is 24.3. The zero-order valence-corrected chi connectivity index (χ0v) is 14.8. The van der Waals surface area contributed by atoms with Crippen molar-refractivity contribution in [3.63, 3.8) is 0 Å². The summed E-state index contributed by atoms with van der Waals surface area (Å²) < 4.78 is 0. The molecule has 2 aromatic rings. The maximum Gasteiger partial charge on any atom is 0.319 e. The molecule has 5 nitrogen and oxygen atoms in total. The minimum Gasteiger partial charge on any atom is -0.349 e. The fraction of sp³-hybridized carbons (Fsp3) is 0.333. The van der Waals surface area contributed by atoms with Crippen molar-refractivity contribution in [1.82, 2.24) is 10.6 Å². The monoisotopic (exact) mass is 349 g/mol. The molecule has 1 fully saturated rings. The van der Waals surface area contributed by atoms with Crippen LogP contribution in [0.25, 0.3) is 0 Å². The first-order valence-corrected chi connectivity index (χ1v) is 9.16. The molecule has 26 heavy (non-hydrogen) atoms. The maximum absolute atomic E-state index is 12.5. The molecule has 2 aromatic carbocycles.